The first-order chi connectivity index (χ1) is 12.7. The van der Waals surface area contributed by atoms with Gasteiger partial charge in [-0.25, -0.2) is 4.98 Å². The SMILES string of the molecule is CCN1CCN(c2ncc(-c3ccc(N)cc3)c3cccc(C)c23)CC1. The first-order valence-electron chi connectivity index (χ1n) is 9.39. The third-order valence-corrected chi connectivity index (χ3v) is 5.44. The minimum absolute atomic E-state index is 0.785. The second-order valence-electron chi connectivity index (χ2n) is 7.04. The number of fused-ring (bicyclic) bond motifs is 1. The van der Waals surface area contributed by atoms with E-state index in [2.05, 4.69) is 54.0 Å². The van der Waals surface area contributed by atoms with Crippen LogP contribution in [0.2, 0.25) is 0 Å². The highest BCUT2D eigenvalue weighted by molar-refractivity contribution is 6.03. The number of piperazine rings is 1. The van der Waals surface area contributed by atoms with Crippen LogP contribution in [-0.2, 0) is 0 Å². The number of pyridine rings is 1. The number of hydrogen-bond donors (Lipinski definition) is 1. The fourth-order valence-corrected chi connectivity index (χ4v) is 3.86. The molecule has 4 rings (SSSR count). The van der Waals surface area contributed by atoms with Crippen LogP contribution in [0, 0.1) is 6.92 Å². The summed E-state index contributed by atoms with van der Waals surface area (Å²) < 4.78 is 0. The van der Waals surface area contributed by atoms with Crippen molar-refractivity contribution in [2.24, 2.45) is 0 Å². The molecule has 26 heavy (non-hydrogen) atoms. The monoisotopic (exact) mass is 346 g/mol. The van der Waals surface area contributed by atoms with Gasteiger partial charge >= 0.3 is 0 Å². The number of hydrogen-bond acceptors (Lipinski definition) is 4. The standard InChI is InChI=1S/C22H26N4/c1-3-25-11-13-26(14-12-25)22-21-16(2)5-4-6-19(21)20(15-24-22)17-7-9-18(23)10-8-17/h4-10,15H,3,11-14,23H2,1-2H3. The van der Waals surface area contributed by atoms with Crippen LogP contribution in [-0.4, -0.2) is 42.6 Å². The number of aryl methyl sites for hydroxylation is 1. The number of benzene rings is 2. The van der Waals surface area contributed by atoms with Crippen molar-refractivity contribution in [1.29, 1.82) is 0 Å². The van der Waals surface area contributed by atoms with Crippen molar-refractivity contribution in [2.45, 2.75) is 13.8 Å². The zero-order valence-electron chi connectivity index (χ0n) is 15.6. The number of nitrogen functional groups attached to an aromatic ring is 1. The molecule has 0 bridgehead atoms. The second kappa shape index (κ2) is 6.96. The average Bonchev–Trinajstić information content (AvgIpc) is 2.68. The summed E-state index contributed by atoms with van der Waals surface area (Å²) in [5, 5.41) is 2.53. The van der Waals surface area contributed by atoms with Gasteiger partial charge in [0, 0.05) is 49.0 Å². The summed E-state index contributed by atoms with van der Waals surface area (Å²) in [4.78, 5) is 9.85. The molecule has 0 radical (unpaired) electrons. The van der Waals surface area contributed by atoms with Gasteiger partial charge in [-0.2, -0.15) is 0 Å². The fraction of sp³-hybridized carbons (Fsp3) is 0.318. The van der Waals surface area contributed by atoms with Gasteiger partial charge in [0.15, 0.2) is 0 Å². The fourth-order valence-electron chi connectivity index (χ4n) is 3.86. The number of likely N-dealkylation sites (N-methyl/N-ethyl adjacent to an activating group) is 1. The lowest BCUT2D eigenvalue weighted by Crippen LogP contribution is -2.46. The van der Waals surface area contributed by atoms with Gasteiger partial charge in [0.05, 0.1) is 0 Å². The lowest BCUT2D eigenvalue weighted by Gasteiger charge is -2.35. The Kier molecular flexibility index (Phi) is 4.51. The lowest BCUT2D eigenvalue weighted by atomic mass is 9.97. The number of rotatable bonds is 3. The van der Waals surface area contributed by atoms with Crippen LogP contribution < -0.4 is 10.6 Å². The predicted octanol–water partition coefficient (Wildman–Crippen LogP) is 3.93. The van der Waals surface area contributed by atoms with Crippen LogP contribution in [0.25, 0.3) is 21.9 Å². The van der Waals surface area contributed by atoms with Crippen molar-refractivity contribution in [1.82, 2.24) is 9.88 Å². The van der Waals surface area contributed by atoms with Gasteiger partial charge in [0.2, 0.25) is 0 Å². The van der Waals surface area contributed by atoms with E-state index in [1.807, 2.05) is 18.3 Å². The molecule has 1 aliphatic rings. The first kappa shape index (κ1) is 16.9. The van der Waals surface area contributed by atoms with Crippen LogP contribution >= 0.6 is 0 Å². The number of nitrogens with zero attached hydrogens (tertiary/aromatic N) is 3. The van der Waals surface area contributed by atoms with E-state index in [4.69, 9.17) is 10.7 Å². The molecule has 0 saturated carbocycles. The molecule has 0 spiro atoms. The number of aromatic nitrogens is 1. The van der Waals surface area contributed by atoms with Crippen molar-refractivity contribution in [2.75, 3.05) is 43.4 Å². The molecule has 134 valence electrons. The summed E-state index contributed by atoms with van der Waals surface area (Å²) in [6.45, 7) is 9.81. The van der Waals surface area contributed by atoms with Crippen LogP contribution in [0.5, 0.6) is 0 Å². The van der Waals surface area contributed by atoms with Crippen LogP contribution in [0.3, 0.4) is 0 Å². The highest BCUT2D eigenvalue weighted by Crippen LogP contribution is 2.35. The molecule has 1 aromatic heterocycles. The third-order valence-electron chi connectivity index (χ3n) is 5.44. The van der Waals surface area contributed by atoms with Gasteiger partial charge in [-0.3, -0.25) is 0 Å². The molecule has 0 unspecified atom stereocenters. The third kappa shape index (κ3) is 3.01. The van der Waals surface area contributed by atoms with Crippen molar-refractivity contribution >= 4 is 22.3 Å². The van der Waals surface area contributed by atoms with E-state index in [1.165, 1.54) is 21.9 Å². The van der Waals surface area contributed by atoms with Crippen LogP contribution in [0.4, 0.5) is 11.5 Å². The Morgan fingerprint density at radius 3 is 2.42 bits per heavy atom. The molecule has 2 heterocycles. The van der Waals surface area contributed by atoms with E-state index < -0.39 is 0 Å². The minimum Gasteiger partial charge on any atom is -0.399 e. The van der Waals surface area contributed by atoms with E-state index in [0.717, 1.165) is 49.8 Å². The molecule has 3 aromatic rings. The molecule has 1 saturated heterocycles. The van der Waals surface area contributed by atoms with Crippen molar-refractivity contribution in [3.05, 3.63) is 54.2 Å². The van der Waals surface area contributed by atoms with Crippen LogP contribution in [0.1, 0.15) is 12.5 Å². The predicted molar refractivity (Wildman–Crippen MR) is 111 cm³/mol. The molecule has 1 aliphatic heterocycles. The molecule has 0 atom stereocenters. The Morgan fingerprint density at radius 2 is 1.73 bits per heavy atom. The minimum atomic E-state index is 0.785. The van der Waals surface area contributed by atoms with Crippen LogP contribution in [0.15, 0.2) is 48.7 Å². The van der Waals surface area contributed by atoms with Crippen molar-refractivity contribution in [3.8, 4) is 11.1 Å². The van der Waals surface area contributed by atoms with Crippen molar-refractivity contribution in [3.63, 3.8) is 0 Å². The smallest absolute Gasteiger partial charge is 0.136 e. The molecule has 4 nitrogen and oxygen atoms in total. The number of nitrogens with two attached hydrogens (primary N) is 1. The van der Waals surface area contributed by atoms with Gasteiger partial charge in [0.25, 0.3) is 0 Å². The molecule has 0 amide bonds. The van der Waals surface area contributed by atoms with E-state index in [-0.39, 0.29) is 0 Å². The Balaban J connectivity index is 1.81. The normalized spacial score (nSPS) is 15.5. The Labute approximate surface area is 155 Å². The topological polar surface area (TPSA) is 45.4 Å². The van der Waals surface area contributed by atoms with Gasteiger partial charge in [0.1, 0.15) is 5.82 Å². The first-order valence-corrected chi connectivity index (χ1v) is 9.39. The largest absolute Gasteiger partial charge is 0.399 e. The molecular weight excluding hydrogens is 320 g/mol. The van der Waals surface area contributed by atoms with E-state index in [1.54, 1.807) is 0 Å². The Bertz CT molecular complexity index is 909. The van der Waals surface area contributed by atoms with Gasteiger partial charge in [-0.15, -0.1) is 0 Å². The van der Waals surface area contributed by atoms with Gasteiger partial charge in [-0.05, 0) is 42.1 Å². The molecule has 2 aromatic carbocycles. The maximum Gasteiger partial charge on any atom is 0.136 e. The average molecular weight is 346 g/mol. The zero-order valence-corrected chi connectivity index (χ0v) is 15.6. The molecule has 1 fully saturated rings. The zero-order chi connectivity index (χ0) is 18.1. The number of anilines is 2. The summed E-state index contributed by atoms with van der Waals surface area (Å²) in [7, 11) is 0. The Hall–Kier alpha value is -2.59. The Morgan fingerprint density at radius 1 is 1.00 bits per heavy atom. The van der Waals surface area contributed by atoms with E-state index >= 15 is 0 Å². The lowest BCUT2D eigenvalue weighted by molar-refractivity contribution is 0.271. The van der Waals surface area contributed by atoms with Gasteiger partial charge < -0.3 is 15.5 Å². The quantitative estimate of drug-likeness (QED) is 0.730. The molecule has 2 N–H and O–H groups in total. The molecule has 4 heteroatoms. The summed E-state index contributed by atoms with van der Waals surface area (Å²) in [6, 6.07) is 14.6. The molecule has 0 aliphatic carbocycles. The highest BCUT2D eigenvalue weighted by Gasteiger charge is 2.20. The summed E-state index contributed by atoms with van der Waals surface area (Å²) >= 11 is 0. The highest BCUT2D eigenvalue weighted by atomic mass is 15.3. The second-order valence-corrected chi connectivity index (χ2v) is 7.04. The molecular formula is C22H26N4. The maximum atomic E-state index is 5.86. The van der Waals surface area contributed by atoms with E-state index in [9.17, 15) is 0 Å². The maximum absolute atomic E-state index is 5.86. The summed E-state index contributed by atoms with van der Waals surface area (Å²) in [5.74, 6) is 1.12. The van der Waals surface area contributed by atoms with E-state index in [0.29, 0.717) is 0 Å². The summed E-state index contributed by atoms with van der Waals surface area (Å²) in [5.41, 5.74) is 10.2. The summed E-state index contributed by atoms with van der Waals surface area (Å²) in [6.07, 6.45) is 2.02. The van der Waals surface area contributed by atoms with Gasteiger partial charge in [-0.1, -0.05) is 37.3 Å². The van der Waals surface area contributed by atoms with Crippen molar-refractivity contribution < 1.29 is 0 Å².